The Balaban J connectivity index is 3.14. The molecule has 126 valence electrons. The summed E-state index contributed by atoms with van der Waals surface area (Å²) in [6.07, 6.45) is 19.3. The minimum Gasteiger partial charge on any atom is -0.469 e. The van der Waals surface area contributed by atoms with E-state index in [4.69, 9.17) is 4.11 Å². The van der Waals surface area contributed by atoms with E-state index in [0.29, 0.717) is 0 Å². The first-order chi connectivity index (χ1) is 11.5. The van der Waals surface area contributed by atoms with Crippen LogP contribution in [0.5, 0.6) is 0 Å². The van der Waals surface area contributed by atoms with Crippen LogP contribution in [0.15, 0.2) is 0 Å². The second kappa shape index (κ2) is 17.5. The van der Waals surface area contributed by atoms with E-state index in [1.807, 2.05) is 0 Å². The third kappa shape index (κ3) is 17.4. The molecule has 0 N–H and O–H groups in total. The number of rotatable bonds is 16. The zero-order valence-corrected chi connectivity index (χ0v) is 14.1. The Hall–Kier alpha value is -0.530. The fourth-order valence-electron chi connectivity index (χ4n) is 2.69. The van der Waals surface area contributed by atoms with Gasteiger partial charge in [-0.15, -0.1) is 0 Å². The van der Waals surface area contributed by atoms with Gasteiger partial charge in [0.1, 0.15) is 0 Å². The zero-order chi connectivity index (χ0) is 18.1. The molecule has 0 aromatic heterocycles. The molecule has 0 atom stereocenters. The van der Waals surface area contributed by atoms with Gasteiger partial charge in [0.15, 0.2) is 0 Å². The Kier molecular flexibility index (Phi) is 12.8. The van der Waals surface area contributed by atoms with Gasteiger partial charge in [0.25, 0.3) is 0 Å². The van der Waals surface area contributed by atoms with E-state index in [2.05, 4.69) is 11.7 Å². The van der Waals surface area contributed by atoms with Crippen molar-refractivity contribution in [1.29, 1.82) is 0 Å². The topological polar surface area (TPSA) is 26.3 Å². The van der Waals surface area contributed by atoms with Crippen molar-refractivity contribution < 1.29 is 13.6 Å². The molecule has 0 heterocycles. The molecule has 0 saturated heterocycles. The van der Waals surface area contributed by atoms with E-state index in [1.165, 1.54) is 77.0 Å². The lowest BCUT2D eigenvalue weighted by atomic mass is 10.0. The van der Waals surface area contributed by atoms with Gasteiger partial charge in [-0.05, 0) is 6.42 Å². The van der Waals surface area contributed by atoms with Crippen LogP contribution < -0.4 is 0 Å². The number of carbonyl (C=O) groups is 1. The minimum atomic E-state index is -2.59. The van der Waals surface area contributed by atoms with Gasteiger partial charge in [-0.2, -0.15) is 0 Å². The van der Waals surface area contributed by atoms with E-state index in [-0.39, 0.29) is 6.42 Å². The predicted octanol–water partition coefficient (Wildman–Crippen LogP) is 6.42. The summed E-state index contributed by atoms with van der Waals surface area (Å²) < 4.78 is 24.8. The lowest BCUT2D eigenvalue weighted by Crippen LogP contribution is -1.99. The van der Waals surface area contributed by atoms with Crippen molar-refractivity contribution in [3.05, 3.63) is 0 Å². The number of methoxy groups -OCH3 is 1. The molecule has 0 aromatic carbocycles. The monoisotopic (exact) mass is 301 g/mol. The third-order valence-corrected chi connectivity index (χ3v) is 4.10. The molecule has 2 heteroatoms. The second-order valence-electron chi connectivity index (χ2n) is 6.17. The highest BCUT2D eigenvalue weighted by atomic mass is 16.5. The predicted molar refractivity (Wildman–Crippen MR) is 91.6 cm³/mol. The third-order valence-electron chi connectivity index (χ3n) is 4.10. The minimum absolute atomic E-state index is 0.219. The van der Waals surface area contributed by atoms with E-state index >= 15 is 0 Å². The van der Waals surface area contributed by atoms with Gasteiger partial charge < -0.3 is 4.74 Å². The molecule has 0 aliphatic rings. The van der Waals surface area contributed by atoms with Gasteiger partial charge in [0, 0.05) is 6.42 Å². The molecule has 0 unspecified atom stereocenters. The van der Waals surface area contributed by atoms with Crippen molar-refractivity contribution in [2.75, 3.05) is 7.04 Å². The first-order valence-corrected chi connectivity index (χ1v) is 9.17. The number of unbranched alkanes of at least 4 members (excludes halogenated alkanes) is 14. The highest BCUT2D eigenvalue weighted by molar-refractivity contribution is 5.68. The van der Waals surface area contributed by atoms with E-state index < -0.39 is 13.0 Å². The number of carbonyl (C=O) groups excluding carboxylic acids is 1. The van der Waals surface area contributed by atoms with Crippen molar-refractivity contribution in [2.45, 2.75) is 110 Å². The zero-order valence-electron chi connectivity index (χ0n) is 17.1. The molecule has 21 heavy (non-hydrogen) atoms. The highest BCUT2D eigenvalue weighted by Crippen LogP contribution is 2.13. The van der Waals surface area contributed by atoms with Gasteiger partial charge in [-0.1, -0.05) is 96.8 Å². The lowest BCUT2D eigenvalue weighted by molar-refractivity contribution is -0.140. The molecular formula is C19H38O2. The Bertz CT molecular complexity index is 291. The van der Waals surface area contributed by atoms with Crippen LogP contribution in [-0.4, -0.2) is 13.0 Å². The summed E-state index contributed by atoms with van der Waals surface area (Å²) in [5, 5.41) is 0. The van der Waals surface area contributed by atoms with Crippen LogP contribution in [0, 0.1) is 0 Å². The molecular weight excluding hydrogens is 260 g/mol. The van der Waals surface area contributed by atoms with Crippen molar-refractivity contribution >= 4 is 5.97 Å². The number of hydrogen-bond donors (Lipinski definition) is 0. The summed E-state index contributed by atoms with van der Waals surface area (Å²) in [5.74, 6) is -0.607. The maximum absolute atomic E-state index is 11.2. The van der Waals surface area contributed by atoms with Crippen LogP contribution in [0.3, 0.4) is 0 Å². The van der Waals surface area contributed by atoms with Gasteiger partial charge in [0.05, 0.1) is 11.2 Å². The molecule has 0 bridgehead atoms. The average Bonchev–Trinajstić information content (AvgIpc) is 2.49. The number of ether oxygens (including phenoxy) is 1. The Morgan fingerprint density at radius 3 is 1.48 bits per heavy atom. The standard InChI is InChI=1S/C19H38O2/c1-3-4-5-6-7-8-9-10-11-12-13-14-15-16-17-18-19(20)21-2/h3-18H2,1-2H3/i2D3. The largest absolute Gasteiger partial charge is 0.469 e. The highest BCUT2D eigenvalue weighted by Gasteiger charge is 1.99. The number of esters is 1. The fraction of sp³-hybridized carbons (Fsp3) is 0.947. The van der Waals surface area contributed by atoms with Crippen LogP contribution >= 0.6 is 0 Å². The van der Waals surface area contributed by atoms with Crippen LogP contribution in [-0.2, 0) is 9.53 Å². The molecule has 0 aromatic rings. The summed E-state index contributed by atoms with van der Waals surface area (Å²) in [6, 6.07) is 0. The first kappa shape index (κ1) is 15.4. The smallest absolute Gasteiger partial charge is 0.305 e. The number of hydrogen-bond acceptors (Lipinski definition) is 2. The summed E-state index contributed by atoms with van der Waals surface area (Å²) in [4.78, 5) is 11.2. The maximum Gasteiger partial charge on any atom is 0.305 e. The van der Waals surface area contributed by atoms with Gasteiger partial charge in [0.2, 0.25) is 0 Å². The maximum atomic E-state index is 11.2. The van der Waals surface area contributed by atoms with Crippen LogP contribution in [0.4, 0.5) is 0 Å². The van der Waals surface area contributed by atoms with Crippen LogP contribution in [0.1, 0.15) is 114 Å². The normalized spacial score (nSPS) is 13.5. The molecule has 0 radical (unpaired) electrons. The van der Waals surface area contributed by atoms with Crippen molar-refractivity contribution in [2.24, 2.45) is 0 Å². The Labute approximate surface area is 137 Å². The Morgan fingerprint density at radius 2 is 1.10 bits per heavy atom. The summed E-state index contributed by atoms with van der Waals surface area (Å²) in [7, 11) is -2.59. The molecule has 0 aliphatic carbocycles. The molecule has 0 aliphatic heterocycles. The molecule has 0 spiro atoms. The van der Waals surface area contributed by atoms with Crippen LogP contribution in [0.25, 0.3) is 0 Å². The van der Waals surface area contributed by atoms with Crippen molar-refractivity contribution in [1.82, 2.24) is 0 Å². The molecule has 2 nitrogen and oxygen atoms in total. The first-order valence-electron chi connectivity index (χ1n) is 10.7. The summed E-state index contributed by atoms with van der Waals surface area (Å²) >= 11 is 0. The lowest BCUT2D eigenvalue weighted by Gasteiger charge is -2.03. The summed E-state index contributed by atoms with van der Waals surface area (Å²) in [5.41, 5.74) is 0. The van der Waals surface area contributed by atoms with E-state index in [1.54, 1.807) is 0 Å². The molecule has 0 fully saturated rings. The Morgan fingerprint density at radius 1 is 0.714 bits per heavy atom. The van der Waals surface area contributed by atoms with Gasteiger partial charge >= 0.3 is 5.97 Å². The van der Waals surface area contributed by atoms with E-state index in [0.717, 1.165) is 19.3 Å². The van der Waals surface area contributed by atoms with Crippen LogP contribution in [0.2, 0.25) is 0 Å². The average molecular weight is 302 g/mol. The van der Waals surface area contributed by atoms with Crippen molar-refractivity contribution in [3.63, 3.8) is 0 Å². The summed E-state index contributed by atoms with van der Waals surface area (Å²) in [6.45, 7) is 2.26. The quantitative estimate of drug-likeness (QED) is 0.243. The second-order valence-corrected chi connectivity index (χ2v) is 6.17. The molecule has 0 saturated carbocycles. The molecule has 0 amide bonds. The van der Waals surface area contributed by atoms with Crippen molar-refractivity contribution in [3.8, 4) is 0 Å². The van der Waals surface area contributed by atoms with E-state index in [9.17, 15) is 4.79 Å². The fourth-order valence-corrected chi connectivity index (χ4v) is 2.69. The van der Waals surface area contributed by atoms with Gasteiger partial charge in [-0.25, -0.2) is 0 Å². The van der Waals surface area contributed by atoms with Gasteiger partial charge in [-0.3, -0.25) is 4.79 Å². The SMILES string of the molecule is [2H]C([2H])([2H])OC(=O)CCCCCCCCCCCCCCCCC. The molecule has 0 rings (SSSR count).